The number of rotatable bonds is 4. The van der Waals surface area contributed by atoms with Crippen LogP contribution in [0.15, 0.2) is 42.5 Å². The molecule has 1 saturated heterocycles. The summed E-state index contributed by atoms with van der Waals surface area (Å²) in [5, 5.41) is 3.85. The molecule has 0 bridgehead atoms. The van der Waals surface area contributed by atoms with Crippen molar-refractivity contribution in [2.24, 2.45) is 5.92 Å². The summed E-state index contributed by atoms with van der Waals surface area (Å²) in [6.07, 6.45) is -3.88. The lowest BCUT2D eigenvalue weighted by Gasteiger charge is -2.19. The number of amides is 1. The van der Waals surface area contributed by atoms with Crippen molar-refractivity contribution in [3.8, 4) is 0 Å². The molecule has 1 aromatic heterocycles. The van der Waals surface area contributed by atoms with Crippen molar-refractivity contribution in [2.45, 2.75) is 12.6 Å². The van der Waals surface area contributed by atoms with Crippen LogP contribution in [0.5, 0.6) is 0 Å². The number of hydrogen-bond donors (Lipinski definition) is 1. The monoisotopic (exact) mass is 423 g/mol. The molecule has 4 rings (SSSR count). The molecule has 1 aliphatic heterocycles. The Balaban J connectivity index is 1.39. The Hall–Kier alpha value is -2.68. The van der Waals surface area contributed by atoms with E-state index in [-0.39, 0.29) is 17.3 Å². The predicted octanol–water partition coefficient (Wildman–Crippen LogP) is 5.03. The Labute approximate surface area is 168 Å². The van der Waals surface area contributed by atoms with Gasteiger partial charge in [-0.3, -0.25) is 4.79 Å². The lowest BCUT2D eigenvalue weighted by molar-refractivity contribution is -0.138. The van der Waals surface area contributed by atoms with Crippen LogP contribution in [-0.2, 0) is 6.18 Å². The molecular weight excluding hydrogens is 406 g/mol. The fraction of sp³-hybridized carbons (Fsp3) is 0.300. The van der Waals surface area contributed by atoms with Crippen molar-refractivity contribution in [1.29, 1.82) is 0 Å². The standard InChI is InChI=1S/C20H17F4N3OS/c21-13-5-6-16-17(9-13)29-19(26-16)25-10-12-7-8-27(11-12)18(28)14-3-1-2-4-15(14)20(22,23)24/h1-6,9,12H,7-8,10-11H2,(H,25,26)/t12-/m1/s1. The molecule has 4 nitrogen and oxygen atoms in total. The van der Waals surface area contributed by atoms with E-state index in [1.54, 1.807) is 6.07 Å². The number of likely N-dealkylation sites (tertiary alicyclic amines) is 1. The summed E-state index contributed by atoms with van der Waals surface area (Å²) in [5.74, 6) is -0.826. The molecule has 1 N–H and O–H groups in total. The lowest BCUT2D eigenvalue weighted by Crippen LogP contribution is -2.31. The highest BCUT2D eigenvalue weighted by Gasteiger charge is 2.37. The first-order valence-corrected chi connectivity index (χ1v) is 9.88. The number of alkyl halides is 3. The second kappa shape index (κ2) is 7.62. The van der Waals surface area contributed by atoms with Gasteiger partial charge in [0.05, 0.1) is 21.3 Å². The zero-order chi connectivity index (χ0) is 20.6. The first kappa shape index (κ1) is 19.6. The van der Waals surface area contributed by atoms with Gasteiger partial charge < -0.3 is 10.2 Å². The van der Waals surface area contributed by atoms with Gasteiger partial charge in [0.1, 0.15) is 5.82 Å². The molecule has 1 aliphatic rings. The maximum Gasteiger partial charge on any atom is 0.417 e. The van der Waals surface area contributed by atoms with Crippen molar-refractivity contribution in [3.63, 3.8) is 0 Å². The molecule has 2 aromatic carbocycles. The normalized spacial score (nSPS) is 17.1. The fourth-order valence-corrected chi connectivity index (χ4v) is 4.37. The van der Waals surface area contributed by atoms with Crippen molar-refractivity contribution in [2.75, 3.05) is 25.0 Å². The molecule has 152 valence electrons. The van der Waals surface area contributed by atoms with E-state index in [0.29, 0.717) is 36.7 Å². The third kappa shape index (κ3) is 4.19. The Morgan fingerprint density at radius 2 is 2.03 bits per heavy atom. The summed E-state index contributed by atoms with van der Waals surface area (Å²) >= 11 is 1.34. The van der Waals surface area contributed by atoms with Crippen molar-refractivity contribution in [3.05, 3.63) is 59.4 Å². The number of carbonyl (C=O) groups excluding carboxylic acids is 1. The maximum absolute atomic E-state index is 13.3. The number of nitrogens with zero attached hydrogens (tertiary/aromatic N) is 2. The molecule has 0 spiro atoms. The van der Waals surface area contributed by atoms with Crippen LogP contribution < -0.4 is 5.32 Å². The Morgan fingerprint density at radius 3 is 2.83 bits per heavy atom. The second-order valence-corrected chi connectivity index (χ2v) is 7.99. The minimum Gasteiger partial charge on any atom is -0.361 e. The lowest BCUT2D eigenvalue weighted by atomic mass is 10.1. The maximum atomic E-state index is 13.3. The molecule has 2 heterocycles. The van der Waals surface area contributed by atoms with Crippen LogP contribution in [0.2, 0.25) is 0 Å². The van der Waals surface area contributed by atoms with Crippen molar-refractivity contribution < 1.29 is 22.4 Å². The second-order valence-electron chi connectivity index (χ2n) is 6.96. The van der Waals surface area contributed by atoms with Crippen LogP contribution in [0.1, 0.15) is 22.3 Å². The van der Waals surface area contributed by atoms with Gasteiger partial charge in [-0.25, -0.2) is 9.37 Å². The topological polar surface area (TPSA) is 45.2 Å². The molecule has 1 amide bonds. The average Bonchev–Trinajstić information content (AvgIpc) is 3.31. The predicted molar refractivity (Wildman–Crippen MR) is 104 cm³/mol. The third-order valence-electron chi connectivity index (χ3n) is 4.93. The number of carbonyl (C=O) groups is 1. The number of fused-ring (bicyclic) bond motifs is 1. The minimum atomic E-state index is -4.57. The minimum absolute atomic E-state index is 0.0979. The third-order valence-corrected chi connectivity index (χ3v) is 5.90. The Morgan fingerprint density at radius 1 is 1.24 bits per heavy atom. The van der Waals surface area contributed by atoms with Gasteiger partial charge >= 0.3 is 6.18 Å². The summed E-state index contributed by atoms with van der Waals surface area (Å²) < 4.78 is 53.6. The van der Waals surface area contributed by atoms with E-state index in [2.05, 4.69) is 10.3 Å². The van der Waals surface area contributed by atoms with Gasteiger partial charge in [0, 0.05) is 19.6 Å². The van der Waals surface area contributed by atoms with E-state index in [9.17, 15) is 22.4 Å². The molecule has 1 fully saturated rings. The summed E-state index contributed by atoms with van der Waals surface area (Å²) in [6.45, 7) is 1.31. The largest absolute Gasteiger partial charge is 0.417 e. The molecule has 0 saturated carbocycles. The van der Waals surface area contributed by atoms with Crippen LogP contribution in [0.3, 0.4) is 0 Å². The average molecular weight is 423 g/mol. The van der Waals surface area contributed by atoms with E-state index in [4.69, 9.17) is 0 Å². The van der Waals surface area contributed by atoms with Crippen molar-refractivity contribution in [1.82, 2.24) is 9.88 Å². The zero-order valence-electron chi connectivity index (χ0n) is 15.2. The first-order valence-electron chi connectivity index (χ1n) is 9.07. The van der Waals surface area contributed by atoms with Gasteiger partial charge in [-0.05, 0) is 42.7 Å². The summed E-state index contributed by atoms with van der Waals surface area (Å²) in [5.41, 5.74) is -0.527. The molecule has 0 unspecified atom stereocenters. The SMILES string of the molecule is O=C(c1ccccc1C(F)(F)F)N1CC[C@H](CNc2nc3ccc(F)cc3s2)C1. The van der Waals surface area contributed by atoms with Gasteiger partial charge in [0.2, 0.25) is 0 Å². The highest BCUT2D eigenvalue weighted by Crippen LogP contribution is 2.33. The first-order chi connectivity index (χ1) is 13.8. The van der Waals surface area contributed by atoms with E-state index < -0.39 is 17.6 Å². The quantitative estimate of drug-likeness (QED) is 0.599. The van der Waals surface area contributed by atoms with Gasteiger partial charge in [-0.2, -0.15) is 13.2 Å². The fourth-order valence-electron chi connectivity index (χ4n) is 3.48. The number of halogens is 4. The van der Waals surface area contributed by atoms with Gasteiger partial charge in [0.25, 0.3) is 5.91 Å². The van der Waals surface area contributed by atoms with E-state index in [1.807, 2.05) is 0 Å². The van der Waals surface area contributed by atoms with E-state index >= 15 is 0 Å². The van der Waals surface area contributed by atoms with Crippen LogP contribution in [0.4, 0.5) is 22.7 Å². The van der Waals surface area contributed by atoms with Gasteiger partial charge in [-0.1, -0.05) is 23.5 Å². The number of aromatic nitrogens is 1. The Bertz CT molecular complexity index is 1050. The number of benzene rings is 2. The van der Waals surface area contributed by atoms with Crippen LogP contribution in [-0.4, -0.2) is 35.4 Å². The molecule has 1 atom stereocenters. The summed E-state index contributed by atoms with van der Waals surface area (Å²) in [4.78, 5) is 18.5. The molecule has 9 heteroatoms. The van der Waals surface area contributed by atoms with Crippen LogP contribution in [0.25, 0.3) is 10.2 Å². The van der Waals surface area contributed by atoms with Crippen molar-refractivity contribution >= 4 is 32.6 Å². The van der Waals surface area contributed by atoms with Gasteiger partial charge in [-0.15, -0.1) is 0 Å². The molecular formula is C20H17F4N3OS. The van der Waals surface area contributed by atoms with E-state index in [1.165, 1.54) is 46.6 Å². The molecule has 3 aromatic rings. The highest BCUT2D eigenvalue weighted by molar-refractivity contribution is 7.22. The number of hydrogen-bond acceptors (Lipinski definition) is 4. The van der Waals surface area contributed by atoms with Crippen LogP contribution in [0, 0.1) is 11.7 Å². The molecule has 29 heavy (non-hydrogen) atoms. The smallest absolute Gasteiger partial charge is 0.361 e. The number of thiazole rings is 1. The molecule has 0 radical (unpaired) electrons. The highest BCUT2D eigenvalue weighted by atomic mass is 32.1. The van der Waals surface area contributed by atoms with Gasteiger partial charge in [0.15, 0.2) is 5.13 Å². The zero-order valence-corrected chi connectivity index (χ0v) is 16.0. The summed E-state index contributed by atoms with van der Waals surface area (Å²) in [6, 6.07) is 9.25. The number of nitrogens with one attached hydrogen (secondary N) is 1. The Kier molecular flexibility index (Phi) is 5.16. The summed E-state index contributed by atoms with van der Waals surface area (Å²) in [7, 11) is 0. The number of anilines is 1. The molecule has 0 aliphatic carbocycles. The van der Waals surface area contributed by atoms with E-state index in [0.717, 1.165) is 10.8 Å². The van der Waals surface area contributed by atoms with Crippen LogP contribution >= 0.6 is 11.3 Å².